The van der Waals surface area contributed by atoms with Gasteiger partial charge in [-0.15, -0.1) is 0 Å². The van der Waals surface area contributed by atoms with Crippen LogP contribution in [0.15, 0.2) is 0 Å². The molecule has 0 saturated carbocycles. The van der Waals surface area contributed by atoms with Crippen LogP contribution >= 0.6 is 0 Å². The number of aliphatic hydroxyl groups excluding tert-OH is 1. The molecule has 2 N–H and O–H groups in total. The van der Waals surface area contributed by atoms with Crippen LogP contribution in [0.3, 0.4) is 0 Å². The molecule has 0 radical (unpaired) electrons. The first-order valence-corrected chi connectivity index (χ1v) is 6.00. The Morgan fingerprint density at radius 1 is 1.20 bits per heavy atom. The van der Waals surface area contributed by atoms with Crippen molar-refractivity contribution in [2.75, 3.05) is 13.7 Å². The minimum atomic E-state index is -0.244. The van der Waals surface area contributed by atoms with E-state index >= 15 is 0 Å². The van der Waals surface area contributed by atoms with Gasteiger partial charge in [0.25, 0.3) is 0 Å². The Labute approximate surface area is 94.2 Å². The van der Waals surface area contributed by atoms with Gasteiger partial charge in [-0.05, 0) is 19.8 Å². The van der Waals surface area contributed by atoms with Crippen LogP contribution in [0.2, 0.25) is 0 Å². The van der Waals surface area contributed by atoms with Crippen molar-refractivity contribution in [3.05, 3.63) is 0 Å². The van der Waals surface area contributed by atoms with Crippen molar-refractivity contribution in [1.82, 2.24) is 5.32 Å². The summed E-state index contributed by atoms with van der Waals surface area (Å²) in [5.74, 6) is 0.405. The maximum Gasteiger partial charge on any atom is 0.0693 e. The van der Waals surface area contributed by atoms with E-state index in [1.165, 1.54) is 0 Å². The van der Waals surface area contributed by atoms with Gasteiger partial charge >= 0.3 is 0 Å². The van der Waals surface area contributed by atoms with Gasteiger partial charge in [0.15, 0.2) is 0 Å². The van der Waals surface area contributed by atoms with Gasteiger partial charge in [-0.1, -0.05) is 26.7 Å². The molecule has 0 aliphatic carbocycles. The van der Waals surface area contributed by atoms with Crippen LogP contribution in [0.5, 0.6) is 0 Å². The highest BCUT2D eigenvalue weighted by atomic mass is 16.5. The Hall–Kier alpha value is -0.120. The Bertz CT molecular complexity index is 149. The Morgan fingerprint density at radius 3 is 2.13 bits per heavy atom. The fourth-order valence-electron chi connectivity index (χ4n) is 1.68. The largest absolute Gasteiger partial charge is 0.392 e. The first kappa shape index (κ1) is 14.9. The van der Waals surface area contributed by atoms with Crippen LogP contribution in [0.1, 0.15) is 40.5 Å². The Morgan fingerprint density at radius 2 is 1.73 bits per heavy atom. The van der Waals surface area contributed by atoms with Crippen LogP contribution in [0.4, 0.5) is 0 Å². The summed E-state index contributed by atoms with van der Waals surface area (Å²) in [5.41, 5.74) is 0. The number of nitrogens with one attached hydrogen (secondary N) is 1. The summed E-state index contributed by atoms with van der Waals surface area (Å²) in [7, 11) is 1.71. The molecule has 3 heteroatoms. The summed E-state index contributed by atoms with van der Waals surface area (Å²) in [6.45, 7) is 9.01. The van der Waals surface area contributed by atoms with E-state index in [4.69, 9.17) is 4.74 Å². The summed E-state index contributed by atoms with van der Waals surface area (Å²) in [6, 6.07) is 0.277. The first-order chi connectivity index (χ1) is 7.06. The number of methoxy groups -OCH3 is 1. The second-order valence-corrected chi connectivity index (χ2v) is 4.28. The molecular weight excluding hydrogens is 190 g/mol. The number of hydrogen-bond acceptors (Lipinski definition) is 3. The van der Waals surface area contributed by atoms with E-state index < -0.39 is 0 Å². The zero-order valence-electron chi connectivity index (χ0n) is 10.8. The van der Waals surface area contributed by atoms with E-state index in [1.54, 1.807) is 7.11 Å². The molecule has 0 aromatic heterocycles. The molecule has 0 fully saturated rings. The second kappa shape index (κ2) is 8.08. The molecule has 3 atom stereocenters. The molecule has 0 amide bonds. The molecule has 3 nitrogen and oxygen atoms in total. The molecule has 0 aliphatic heterocycles. The van der Waals surface area contributed by atoms with Crippen LogP contribution in [0, 0.1) is 5.92 Å². The average Bonchev–Trinajstić information content (AvgIpc) is 2.26. The van der Waals surface area contributed by atoms with Crippen LogP contribution in [-0.2, 0) is 4.74 Å². The number of rotatable bonds is 8. The van der Waals surface area contributed by atoms with Crippen molar-refractivity contribution in [2.45, 2.75) is 58.8 Å². The number of ether oxygens (including phenoxy) is 1. The molecule has 0 bridgehead atoms. The third-order valence-corrected chi connectivity index (χ3v) is 3.32. The zero-order valence-corrected chi connectivity index (χ0v) is 10.8. The van der Waals surface area contributed by atoms with Gasteiger partial charge in [0.1, 0.15) is 0 Å². The molecule has 0 heterocycles. The maximum atomic E-state index is 9.91. The Balaban J connectivity index is 3.83. The van der Waals surface area contributed by atoms with Crippen LogP contribution in [-0.4, -0.2) is 37.0 Å². The lowest BCUT2D eigenvalue weighted by molar-refractivity contribution is 0.0667. The fraction of sp³-hybridized carbons (Fsp3) is 1.00. The third-order valence-electron chi connectivity index (χ3n) is 3.32. The van der Waals surface area contributed by atoms with Crippen molar-refractivity contribution in [3.8, 4) is 0 Å². The van der Waals surface area contributed by atoms with Gasteiger partial charge in [-0.3, -0.25) is 0 Å². The van der Waals surface area contributed by atoms with Gasteiger partial charge in [0.2, 0.25) is 0 Å². The monoisotopic (exact) mass is 217 g/mol. The van der Waals surface area contributed by atoms with E-state index in [2.05, 4.69) is 26.1 Å². The van der Waals surface area contributed by atoms with Gasteiger partial charge in [0, 0.05) is 19.7 Å². The lowest BCUT2D eigenvalue weighted by atomic mass is 9.96. The van der Waals surface area contributed by atoms with E-state index in [0.717, 1.165) is 12.8 Å². The predicted octanol–water partition coefficient (Wildman–Crippen LogP) is 1.80. The van der Waals surface area contributed by atoms with Crippen molar-refractivity contribution >= 4 is 0 Å². The van der Waals surface area contributed by atoms with Gasteiger partial charge < -0.3 is 15.2 Å². The quantitative estimate of drug-likeness (QED) is 0.651. The number of hydrogen-bond donors (Lipinski definition) is 2. The highest BCUT2D eigenvalue weighted by Crippen LogP contribution is 2.12. The van der Waals surface area contributed by atoms with Crippen molar-refractivity contribution in [3.63, 3.8) is 0 Å². The SMILES string of the molecule is CCC(CC)C(O)CNC(C)C(C)OC. The summed E-state index contributed by atoms with van der Waals surface area (Å²) in [6.07, 6.45) is 2.01. The summed E-state index contributed by atoms with van der Waals surface area (Å²) >= 11 is 0. The van der Waals surface area contributed by atoms with Gasteiger partial charge in [-0.25, -0.2) is 0 Å². The summed E-state index contributed by atoms with van der Waals surface area (Å²) in [4.78, 5) is 0. The number of aliphatic hydroxyl groups is 1. The summed E-state index contributed by atoms with van der Waals surface area (Å²) in [5, 5.41) is 13.2. The molecule has 0 saturated heterocycles. The first-order valence-electron chi connectivity index (χ1n) is 6.00. The molecule has 92 valence electrons. The molecule has 15 heavy (non-hydrogen) atoms. The van der Waals surface area contributed by atoms with Crippen molar-refractivity contribution in [1.29, 1.82) is 0 Å². The van der Waals surface area contributed by atoms with Crippen molar-refractivity contribution < 1.29 is 9.84 Å². The topological polar surface area (TPSA) is 41.5 Å². The van der Waals surface area contributed by atoms with E-state index in [0.29, 0.717) is 12.5 Å². The standard InChI is InChI=1S/C12H27NO2/c1-6-11(7-2)12(14)8-13-9(3)10(4)15-5/h9-14H,6-8H2,1-5H3. The highest BCUT2D eigenvalue weighted by Gasteiger charge is 2.17. The molecule has 0 rings (SSSR count). The minimum absolute atomic E-state index is 0.180. The van der Waals surface area contributed by atoms with Crippen LogP contribution < -0.4 is 5.32 Å². The second-order valence-electron chi connectivity index (χ2n) is 4.28. The zero-order chi connectivity index (χ0) is 11.8. The third kappa shape index (κ3) is 5.50. The lowest BCUT2D eigenvalue weighted by Crippen LogP contribution is -2.42. The molecule has 0 aromatic carbocycles. The molecule has 0 spiro atoms. The molecule has 3 unspecified atom stereocenters. The van der Waals surface area contributed by atoms with Gasteiger partial charge in [0.05, 0.1) is 12.2 Å². The minimum Gasteiger partial charge on any atom is -0.392 e. The van der Waals surface area contributed by atoms with Crippen molar-refractivity contribution in [2.24, 2.45) is 5.92 Å². The normalized spacial score (nSPS) is 17.8. The molecule has 0 aromatic rings. The van der Waals surface area contributed by atoms with E-state index in [-0.39, 0.29) is 18.2 Å². The smallest absolute Gasteiger partial charge is 0.0693 e. The van der Waals surface area contributed by atoms with Crippen LogP contribution in [0.25, 0.3) is 0 Å². The maximum absolute atomic E-state index is 9.91. The highest BCUT2D eigenvalue weighted by molar-refractivity contribution is 4.74. The lowest BCUT2D eigenvalue weighted by Gasteiger charge is -2.25. The van der Waals surface area contributed by atoms with Gasteiger partial charge in [-0.2, -0.15) is 0 Å². The van der Waals surface area contributed by atoms with E-state index in [1.807, 2.05) is 6.92 Å². The fourth-order valence-corrected chi connectivity index (χ4v) is 1.68. The summed E-state index contributed by atoms with van der Waals surface area (Å²) < 4.78 is 5.21. The molecular formula is C12H27NO2. The Kier molecular flexibility index (Phi) is 8.02. The molecule has 0 aliphatic rings. The van der Waals surface area contributed by atoms with E-state index in [9.17, 15) is 5.11 Å². The average molecular weight is 217 g/mol. The predicted molar refractivity (Wildman–Crippen MR) is 64.0 cm³/mol.